The Hall–Kier alpha value is -2.26. The van der Waals surface area contributed by atoms with Crippen molar-refractivity contribution in [3.05, 3.63) is 24.3 Å². The largest absolute Gasteiger partial charge is 0.435 e. The van der Waals surface area contributed by atoms with Crippen molar-refractivity contribution in [2.24, 2.45) is 0 Å². The number of hydrogen-bond donors (Lipinski definition) is 2. The van der Waals surface area contributed by atoms with Crippen molar-refractivity contribution in [1.82, 2.24) is 10.6 Å². The molecule has 0 saturated carbocycles. The van der Waals surface area contributed by atoms with Gasteiger partial charge in [0, 0.05) is 25.3 Å². The van der Waals surface area contributed by atoms with Crippen molar-refractivity contribution >= 4 is 17.5 Å². The van der Waals surface area contributed by atoms with E-state index < -0.39 is 18.8 Å². The molecule has 2 unspecified atom stereocenters. The summed E-state index contributed by atoms with van der Waals surface area (Å²) in [5, 5.41) is 5.83. The highest BCUT2D eigenvalue weighted by Crippen LogP contribution is 2.24. The number of nitrogens with zero attached hydrogens (tertiary/aromatic N) is 1. The summed E-state index contributed by atoms with van der Waals surface area (Å²) >= 11 is 0. The number of benzene rings is 1. The maximum absolute atomic E-state index is 12.7. The van der Waals surface area contributed by atoms with E-state index in [-0.39, 0.29) is 17.6 Å². The van der Waals surface area contributed by atoms with Gasteiger partial charge < -0.3 is 25.0 Å². The Bertz CT molecular complexity index is 635. The second kappa shape index (κ2) is 8.41. The van der Waals surface area contributed by atoms with E-state index in [0.717, 1.165) is 6.42 Å². The molecular weight excluding hydrogens is 348 g/mol. The third kappa shape index (κ3) is 4.47. The SMILES string of the molecule is O=C(NC1CCCN(c2ccc(OC(F)F)cc2)C1=O)C1CNCCO1. The predicted octanol–water partition coefficient (Wildman–Crippen LogP) is 0.888. The molecule has 142 valence electrons. The first-order valence-electron chi connectivity index (χ1n) is 8.53. The zero-order valence-corrected chi connectivity index (χ0v) is 14.1. The Balaban J connectivity index is 1.62. The lowest BCUT2D eigenvalue weighted by molar-refractivity contribution is -0.137. The van der Waals surface area contributed by atoms with Crippen LogP contribution >= 0.6 is 0 Å². The molecule has 0 radical (unpaired) electrons. The molecule has 0 spiro atoms. The van der Waals surface area contributed by atoms with Gasteiger partial charge in [0.05, 0.1) is 6.61 Å². The average molecular weight is 369 g/mol. The standard InChI is InChI=1S/C17H21F2N3O4/c18-17(19)26-12-5-3-11(4-6-12)22-8-1-2-13(16(22)24)21-15(23)14-10-20-7-9-25-14/h3-6,13-14,17,20H,1-2,7-10H2,(H,21,23). The summed E-state index contributed by atoms with van der Waals surface area (Å²) in [5.41, 5.74) is 0.575. The summed E-state index contributed by atoms with van der Waals surface area (Å²) in [7, 11) is 0. The molecule has 2 fully saturated rings. The Kier molecular flexibility index (Phi) is 6.00. The normalized spacial score (nSPS) is 23.8. The van der Waals surface area contributed by atoms with E-state index in [1.165, 1.54) is 12.1 Å². The highest BCUT2D eigenvalue weighted by atomic mass is 19.3. The first kappa shape index (κ1) is 18.5. The number of amides is 2. The third-order valence-electron chi connectivity index (χ3n) is 4.35. The van der Waals surface area contributed by atoms with Crippen LogP contribution in [0.3, 0.4) is 0 Å². The fourth-order valence-electron chi connectivity index (χ4n) is 3.07. The summed E-state index contributed by atoms with van der Waals surface area (Å²) in [5.74, 6) is -0.506. The topological polar surface area (TPSA) is 79.9 Å². The second-order valence-corrected chi connectivity index (χ2v) is 6.13. The summed E-state index contributed by atoms with van der Waals surface area (Å²) in [6.07, 6.45) is 0.668. The minimum atomic E-state index is -2.89. The predicted molar refractivity (Wildman–Crippen MR) is 89.2 cm³/mol. The molecule has 0 bridgehead atoms. The van der Waals surface area contributed by atoms with E-state index in [4.69, 9.17) is 4.74 Å². The van der Waals surface area contributed by atoms with Crippen LogP contribution in [0.5, 0.6) is 5.75 Å². The first-order chi connectivity index (χ1) is 12.5. The second-order valence-electron chi connectivity index (χ2n) is 6.13. The van der Waals surface area contributed by atoms with Gasteiger partial charge in [0.25, 0.3) is 5.91 Å². The summed E-state index contributed by atoms with van der Waals surface area (Å²) in [6.45, 7) is -0.821. The first-order valence-corrected chi connectivity index (χ1v) is 8.53. The van der Waals surface area contributed by atoms with Gasteiger partial charge in [-0.1, -0.05) is 0 Å². The van der Waals surface area contributed by atoms with Crippen LogP contribution in [0, 0.1) is 0 Å². The van der Waals surface area contributed by atoms with E-state index in [1.54, 1.807) is 17.0 Å². The average Bonchev–Trinajstić information content (AvgIpc) is 2.64. The van der Waals surface area contributed by atoms with Gasteiger partial charge >= 0.3 is 6.61 Å². The van der Waals surface area contributed by atoms with E-state index >= 15 is 0 Å². The molecule has 1 aromatic carbocycles. The zero-order valence-electron chi connectivity index (χ0n) is 14.1. The van der Waals surface area contributed by atoms with Crippen molar-refractivity contribution in [1.29, 1.82) is 0 Å². The molecule has 26 heavy (non-hydrogen) atoms. The molecule has 0 aromatic heterocycles. The monoisotopic (exact) mass is 369 g/mol. The van der Waals surface area contributed by atoms with E-state index in [0.29, 0.717) is 38.3 Å². The molecule has 2 aliphatic rings. The zero-order chi connectivity index (χ0) is 18.5. The lowest BCUT2D eigenvalue weighted by Gasteiger charge is -2.33. The van der Waals surface area contributed by atoms with Crippen molar-refractivity contribution in [3.63, 3.8) is 0 Å². The molecule has 2 heterocycles. The van der Waals surface area contributed by atoms with Crippen LogP contribution in [0.1, 0.15) is 12.8 Å². The molecule has 2 N–H and O–H groups in total. The number of ether oxygens (including phenoxy) is 2. The molecule has 0 aliphatic carbocycles. The highest BCUT2D eigenvalue weighted by Gasteiger charge is 2.33. The van der Waals surface area contributed by atoms with E-state index in [9.17, 15) is 18.4 Å². The minimum absolute atomic E-state index is 0.0278. The number of alkyl halides is 2. The Labute approximate surface area is 149 Å². The molecule has 7 nitrogen and oxygen atoms in total. The van der Waals surface area contributed by atoms with Gasteiger partial charge in [0.2, 0.25) is 5.91 Å². The number of anilines is 1. The van der Waals surface area contributed by atoms with Crippen LogP contribution in [0.4, 0.5) is 14.5 Å². The number of halogens is 2. The molecule has 1 aromatic rings. The minimum Gasteiger partial charge on any atom is -0.435 e. The van der Waals surface area contributed by atoms with Crippen molar-refractivity contribution in [3.8, 4) is 5.75 Å². The van der Waals surface area contributed by atoms with Crippen LogP contribution in [0.25, 0.3) is 0 Å². The van der Waals surface area contributed by atoms with Crippen molar-refractivity contribution < 1.29 is 27.8 Å². The molecule has 2 atom stereocenters. The maximum atomic E-state index is 12.7. The number of rotatable bonds is 5. The van der Waals surface area contributed by atoms with Gasteiger partial charge in [-0.05, 0) is 37.1 Å². The lowest BCUT2D eigenvalue weighted by Crippen LogP contribution is -2.56. The number of carbonyl (C=O) groups excluding carboxylic acids is 2. The Morgan fingerprint density at radius 1 is 1.35 bits per heavy atom. The highest BCUT2D eigenvalue weighted by molar-refractivity contribution is 6.00. The number of nitrogens with one attached hydrogen (secondary N) is 2. The molecule has 3 rings (SSSR count). The van der Waals surface area contributed by atoms with Gasteiger partial charge in [-0.15, -0.1) is 0 Å². The maximum Gasteiger partial charge on any atom is 0.387 e. The number of morpholine rings is 1. The fourth-order valence-corrected chi connectivity index (χ4v) is 3.07. The Morgan fingerprint density at radius 3 is 2.77 bits per heavy atom. The summed E-state index contributed by atoms with van der Waals surface area (Å²) in [4.78, 5) is 26.5. The molecule has 2 aliphatic heterocycles. The van der Waals surface area contributed by atoms with Gasteiger partial charge in [-0.3, -0.25) is 9.59 Å². The van der Waals surface area contributed by atoms with Crippen molar-refractivity contribution in [2.75, 3.05) is 31.1 Å². The quantitative estimate of drug-likeness (QED) is 0.806. The van der Waals surface area contributed by atoms with Crippen LogP contribution < -0.4 is 20.3 Å². The van der Waals surface area contributed by atoms with Crippen LogP contribution in [0.15, 0.2) is 24.3 Å². The summed E-state index contributed by atoms with van der Waals surface area (Å²) in [6, 6.07) is 5.25. The molecular formula is C17H21F2N3O4. The van der Waals surface area contributed by atoms with E-state index in [2.05, 4.69) is 15.4 Å². The molecule has 2 amide bonds. The van der Waals surface area contributed by atoms with Gasteiger partial charge in [-0.25, -0.2) is 0 Å². The van der Waals surface area contributed by atoms with Gasteiger partial charge in [-0.2, -0.15) is 8.78 Å². The molecule has 2 saturated heterocycles. The number of carbonyl (C=O) groups is 2. The number of piperidine rings is 1. The Morgan fingerprint density at radius 2 is 2.12 bits per heavy atom. The fraction of sp³-hybridized carbons (Fsp3) is 0.529. The smallest absolute Gasteiger partial charge is 0.387 e. The lowest BCUT2D eigenvalue weighted by atomic mass is 10.0. The van der Waals surface area contributed by atoms with Crippen molar-refractivity contribution in [2.45, 2.75) is 31.6 Å². The summed E-state index contributed by atoms with van der Waals surface area (Å²) < 4.78 is 34.2. The van der Waals surface area contributed by atoms with Crippen LogP contribution in [0.2, 0.25) is 0 Å². The van der Waals surface area contributed by atoms with E-state index in [1.807, 2.05) is 0 Å². The van der Waals surface area contributed by atoms with Gasteiger partial charge in [0.1, 0.15) is 17.9 Å². The third-order valence-corrected chi connectivity index (χ3v) is 4.35. The van der Waals surface area contributed by atoms with Crippen LogP contribution in [-0.2, 0) is 14.3 Å². The molecule has 9 heteroatoms. The number of hydrogen-bond acceptors (Lipinski definition) is 5. The van der Waals surface area contributed by atoms with Crippen LogP contribution in [-0.4, -0.2) is 56.8 Å². The van der Waals surface area contributed by atoms with Gasteiger partial charge in [0.15, 0.2) is 0 Å².